The van der Waals surface area contributed by atoms with E-state index in [1.54, 1.807) is 54.5 Å². The van der Waals surface area contributed by atoms with E-state index in [1.807, 2.05) is 19.9 Å². The number of carbonyl (C=O) groups is 1. The van der Waals surface area contributed by atoms with Gasteiger partial charge in [-0.3, -0.25) is 4.79 Å². The van der Waals surface area contributed by atoms with Crippen molar-refractivity contribution in [2.24, 2.45) is 5.73 Å². The van der Waals surface area contributed by atoms with Gasteiger partial charge in [0.1, 0.15) is 17.5 Å². The van der Waals surface area contributed by atoms with Crippen LogP contribution in [0.2, 0.25) is 0 Å². The monoisotopic (exact) mass is 430 g/mol. The van der Waals surface area contributed by atoms with Crippen molar-refractivity contribution in [3.05, 3.63) is 71.3 Å². The molecule has 3 aromatic rings. The number of alkyl halides is 2. The van der Waals surface area contributed by atoms with Crippen molar-refractivity contribution in [1.29, 1.82) is 0 Å². The summed E-state index contributed by atoms with van der Waals surface area (Å²) in [6.07, 6.45) is 1.62. The summed E-state index contributed by atoms with van der Waals surface area (Å²) in [5, 5.41) is 3.15. The first-order chi connectivity index (χ1) is 13.7. The van der Waals surface area contributed by atoms with Crippen molar-refractivity contribution < 1.29 is 4.79 Å². The third-order valence-electron chi connectivity index (χ3n) is 4.29. The van der Waals surface area contributed by atoms with Gasteiger partial charge in [-0.1, -0.05) is 41.4 Å². The fourth-order valence-corrected chi connectivity index (χ4v) is 3.44. The highest BCUT2D eigenvalue weighted by Crippen LogP contribution is 2.41. The molecule has 7 nitrogen and oxygen atoms in total. The minimum absolute atomic E-state index is 0.253. The molecular weight excluding hydrogens is 411 g/mol. The number of aryl methyl sites for hydroxylation is 2. The SMILES string of the molecule is Cc1cc(Nc2cc(N(C)C(Cl)(Cl)c3ccccc3C(N)=O)ccn2)nc(C)n1. The first kappa shape index (κ1) is 20.8. The molecule has 0 saturated carbocycles. The molecular formula is C20H20Cl2N6O. The molecule has 3 N–H and O–H groups in total. The predicted octanol–water partition coefficient (Wildman–Crippen LogP) is 4.06. The lowest BCUT2D eigenvalue weighted by Crippen LogP contribution is -2.36. The molecule has 9 heteroatoms. The lowest BCUT2D eigenvalue weighted by molar-refractivity contribution is 0.0999. The maximum atomic E-state index is 11.8. The highest BCUT2D eigenvalue weighted by molar-refractivity contribution is 6.49. The minimum Gasteiger partial charge on any atom is -0.366 e. The van der Waals surface area contributed by atoms with Gasteiger partial charge >= 0.3 is 0 Å². The second-order valence-corrected chi connectivity index (χ2v) is 7.76. The number of halogens is 2. The third kappa shape index (κ3) is 4.58. The zero-order chi connectivity index (χ0) is 21.2. The van der Waals surface area contributed by atoms with E-state index in [9.17, 15) is 4.79 Å². The van der Waals surface area contributed by atoms with E-state index < -0.39 is 10.4 Å². The second kappa shape index (κ2) is 8.23. The Balaban J connectivity index is 1.92. The van der Waals surface area contributed by atoms with Crippen molar-refractivity contribution in [3.63, 3.8) is 0 Å². The number of primary amides is 1. The molecule has 0 aliphatic carbocycles. The Kier molecular flexibility index (Phi) is 5.91. The number of nitrogens with zero attached hydrogens (tertiary/aromatic N) is 4. The summed E-state index contributed by atoms with van der Waals surface area (Å²) in [6.45, 7) is 3.71. The molecule has 0 unspecified atom stereocenters. The summed E-state index contributed by atoms with van der Waals surface area (Å²) in [7, 11) is 1.72. The molecule has 0 fully saturated rings. The number of carbonyl (C=O) groups excluding carboxylic acids is 1. The summed E-state index contributed by atoms with van der Waals surface area (Å²) in [5.74, 6) is 1.24. The van der Waals surface area contributed by atoms with Gasteiger partial charge in [0.05, 0.1) is 0 Å². The van der Waals surface area contributed by atoms with Crippen LogP contribution in [0.15, 0.2) is 48.7 Å². The number of aromatic nitrogens is 3. The average molecular weight is 431 g/mol. The van der Waals surface area contributed by atoms with Crippen LogP contribution in [0, 0.1) is 13.8 Å². The molecule has 0 aliphatic rings. The van der Waals surface area contributed by atoms with E-state index >= 15 is 0 Å². The van der Waals surface area contributed by atoms with Gasteiger partial charge in [-0.15, -0.1) is 0 Å². The van der Waals surface area contributed by atoms with Gasteiger partial charge in [0.15, 0.2) is 0 Å². The van der Waals surface area contributed by atoms with Crippen LogP contribution in [0.4, 0.5) is 17.3 Å². The normalized spacial score (nSPS) is 11.2. The number of benzene rings is 1. The van der Waals surface area contributed by atoms with E-state index in [4.69, 9.17) is 28.9 Å². The standard InChI is InChI=1S/C20H20Cl2N6O/c1-12-10-18(26-13(2)25-12)27-17-11-14(8-9-24-17)28(3)20(21,22)16-7-5-4-6-15(16)19(23)29/h4-11H,1-3H3,(H2,23,29)(H,24,25,26,27). The fourth-order valence-electron chi connectivity index (χ4n) is 2.91. The van der Waals surface area contributed by atoms with Crippen molar-refractivity contribution in [2.45, 2.75) is 18.3 Å². The Morgan fingerprint density at radius 1 is 1.10 bits per heavy atom. The Morgan fingerprint density at radius 2 is 1.83 bits per heavy atom. The van der Waals surface area contributed by atoms with Crippen LogP contribution in [0.25, 0.3) is 0 Å². The molecule has 0 bridgehead atoms. The average Bonchev–Trinajstić information content (AvgIpc) is 2.66. The van der Waals surface area contributed by atoms with Crippen molar-refractivity contribution in [2.75, 3.05) is 17.3 Å². The summed E-state index contributed by atoms with van der Waals surface area (Å²) in [4.78, 5) is 26.3. The number of amides is 1. The fraction of sp³-hybridized carbons (Fsp3) is 0.200. The van der Waals surface area contributed by atoms with Crippen LogP contribution in [0.1, 0.15) is 27.4 Å². The summed E-state index contributed by atoms with van der Waals surface area (Å²) in [5.41, 5.74) is 7.65. The van der Waals surface area contributed by atoms with Crippen molar-refractivity contribution >= 4 is 46.4 Å². The quantitative estimate of drug-likeness (QED) is 0.452. The maximum Gasteiger partial charge on any atom is 0.249 e. The lowest BCUT2D eigenvalue weighted by Gasteiger charge is -2.34. The molecule has 2 aromatic heterocycles. The molecule has 0 atom stereocenters. The molecule has 1 aromatic carbocycles. The zero-order valence-electron chi connectivity index (χ0n) is 16.1. The first-order valence-corrected chi connectivity index (χ1v) is 9.50. The molecule has 0 spiro atoms. The number of nitrogens with one attached hydrogen (secondary N) is 1. The van der Waals surface area contributed by atoms with Gasteiger partial charge < -0.3 is 16.0 Å². The molecule has 3 rings (SSSR count). The number of pyridine rings is 1. The van der Waals surface area contributed by atoms with E-state index in [-0.39, 0.29) is 5.56 Å². The molecule has 1 amide bonds. The Bertz CT molecular complexity index is 1040. The number of hydrogen-bond donors (Lipinski definition) is 2. The van der Waals surface area contributed by atoms with Crippen LogP contribution in [-0.4, -0.2) is 27.9 Å². The summed E-state index contributed by atoms with van der Waals surface area (Å²) < 4.78 is -1.54. The van der Waals surface area contributed by atoms with Gasteiger partial charge in [-0.2, -0.15) is 0 Å². The van der Waals surface area contributed by atoms with E-state index in [0.29, 0.717) is 28.7 Å². The Labute approximate surface area is 178 Å². The van der Waals surface area contributed by atoms with E-state index in [1.165, 1.54) is 0 Å². The number of nitrogens with two attached hydrogens (primary N) is 1. The van der Waals surface area contributed by atoms with Gasteiger partial charge in [0, 0.05) is 47.9 Å². The molecule has 0 radical (unpaired) electrons. The topological polar surface area (TPSA) is 97.0 Å². The Morgan fingerprint density at radius 3 is 2.52 bits per heavy atom. The van der Waals surface area contributed by atoms with Gasteiger partial charge in [0.25, 0.3) is 0 Å². The predicted molar refractivity (Wildman–Crippen MR) is 116 cm³/mol. The van der Waals surface area contributed by atoms with Crippen LogP contribution in [0.3, 0.4) is 0 Å². The first-order valence-electron chi connectivity index (χ1n) is 8.75. The van der Waals surface area contributed by atoms with Gasteiger partial charge in [-0.05, 0) is 26.0 Å². The van der Waals surface area contributed by atoms with Crippen LogP contribution >= 0.6 is 23.2 Å². The van der Waals surface area contributed by atoms with Crippen LogP contribution < -0.4 is 16.0 Å². The minimum atomic E-state index is -1.54. The smallest absolute Gasteiger partial charge is 0.249 e. The molecule has 2 heterocycles. The highest BCUT2D eigenvalue weighted by Gasteiger charge is 2.35. The zero-order valence-corrected chi connectivity index (χ0v) is 17.7. The summed E-state index contributed by atoms with van der Waals surface area (Å²) in [6, 6.07) is 12.1. The van der Waals surface area contributed by atoms with Crippen LogP contribution in [-0.2, 0) is 4.46 Å². The largest absolute Gasteiger partial charge is 0.366 e. The molecule has 29 heavy (non-hydrogen) atoms. The van der Waals surface area contributed by atoms with E-state index in [0.717, 1.165) is 5.69 Å². The third-order valence-corrected chi connectivity index (χ3v) is 5.21. The number of hydrogen-bond acceptors (Lipinski definition) is 6. The van der Waals surface area contributed by atoms with E-state index in [2.05, 4.69) is 20.3 Å². The number of rotatable bonds is 6. The van der Waals surface area contributed by atoms with Crippen molar-refractivity contribution in [1.82, 2.24) is 15.0 Å². The molecule has 0 saturated heterocycles. The highest BCUT2D eigenvalue weighted by atomic mass is 35.5. The van der Waals surface area contributed by atoms with Crippen molar-refractivity contribution in [3.8, 4) is 0 Å². The van der Waals surface area contributed by atoms with Gasteiger partial charge in [0.2, 0.25) is 10.4 Å². The molecule has 0 aliphatic heterocycles. The maximum absolute atomic E-state index is 11.8. The number of anilines is 3. The Hall–Kier alpha value is -2.90. The van der Waals surface area contributed by atoms with Crippen LogP contribution in [0.5, 0.6) is 0 Å². The molecule has 150 valence electrons. The summed E-state index contributed by atoms with van der Waals surface area (Å²) >= 11 is 13.3. The van der Waals surface area contributed by atoms with Gasteiger partial charge in [-0.25, -0.2) is 15.0 Å². The second-order valence-electron chi connectivity index (χ2n) is 6.48. The lowest BCUT2D eigenvalue weighted by atomic mass is 10.1.